The standard InChI is InChI=1S/C18H23N5O2/c1-5-8-23-12(2)17(14-9-13(25-4)6-7-15(14)23)18(24)22(3)10-16-19-11-20-21-16/h6-7,9,11H,5,8,10H2,1-4H3,(H,19,20,21). The quantitative estimate of drug-likeness (QED) is 0.748. The summed E-state index contributed by atoms with van der Waals surface area (Å²) in [7, 11) is 3.40. The number of carbonyl (C=O) groups excluding carboxylic acids is 1. The summed E-state index contributed by atoms with van der Waals surface area (Å²) in [5.74, 6) is 1.36. The van der Waals surface area contributed by atoms with Crippen LogP contribution in [0.3, 0.4) is 0 Å². The molecule has 0 saturated heterocycles. The third-order valence-corrected chi connectivity index (χ3v) is 4.39. The first kappa shape index (κ1) is 17.0. The van der Waals surface area contributed by atoms with Crippen molar-refractivity contribution in [2.24, 2.45) is 0 Å². The van der Waals surface area contributed by atoms with E-state index in [1.54, 1.807) is 19.1 Å². The maximum atomic E-state index is 13.1. The Morgan fingerprint density at radius 2 is 2.20 bits per heavy atom. The smallest absolute Gasteiger partial charge is 0.256 e. The Labute approximate surface area is 146 Å². The number of fused-ring (bicyclic) bond motifs is 1. The molecule has 25 heavy (non-hydrogen) atoms. The minimum absolute atomic E-state index is 0.0398. The zero-order valence-corrected chi connectivity index (χ0v) is 15.0. The summed E-state index contributed by atoms with van der Waals surface area (Å²) in [6, 6.07) is 5.88. The molecule has 132 valence electrons. The van der Waals surface area contributed by atoms with Crippen molar-refractivity contribution in [3.63, 3.8) is 0 Å². The number of aryl methyl sites for hydroxylation is 1. The van der Waals surface area contributed by atoms with Crippen LogP contribution in [0.5, 0.6) is 5.75 Å². The number of benzene rings is 1. The van der Waals surface area contributed by atoms with Crippen molar-refractivity contribution < 1.29 is 9.53 Å². The van der Waals surface area contributed by atoms with E-state index in [-0.39, 0.29) is 5.91 Å². The van der Waals surface area contributed by atoms with Crippen molar-refractivity contribution in [2.75, 3.05) is 14.2 Å². The molecule has 0 aliphatic carbocycles. The van der Waals surface area contributed by atoms with Gasteiger partial charge in [0.2, 0.25) is 0 Å². The number of aromatic amines is 1. The first-order chi connectivity index (χ1) is 12.1. The maximum absolute atomic E-state index is 13.1. The number of hydrogen-bond donors (Lipinski definition) is 1. The van der Waals surface area contributed by atoms with E-state index in [0.717, 1.165) is 35.3 Å². The van der Waals surface area contributed by atoms with Gasteiger partial charge in [-0.15, -0.1) is 0 Å². The molecule has 7 heteroatoms. The second kappa shape index (κ2) is 6.96. The highest BCUT2D eigenvalue weighted by atomic mass is 16.5. The Morgan fingerprint density at radius 3 is 2.84 bits per heavy atom. The van der Waals surface area contributed by atoms with Gasteiger partial charge in [0.05, 0.1) is 19.2 Å². The normalized spacial score (nSPS) is 11.0. The molecule has 0 radical (unpaired) electrons. The van der Waals surface area contributed by atoms with Gasteiger partial charge in [0.25, 0.3) is 5.91 Å². The van der Waals surface area contributed by atoms with E-state index in [9.17, 15) is 4.79 Å². The predicted molar refractivity (Wildman–Crippen MR) is 95.7 cm³/mol. The molecule has 0 unspecified atom stereocenters. The summed E-state index contributed by atoms with van der Waals surface area (Å²) >= 11 is 0. The van der Waals surface area contributed by atoms with Gasteiger partial charge in [-0.25, -0.2) is 4.98 Å². The largest absolute Gasteiger partial charge is 0.497 e. The fraction of sp³-hybridized carbons (Fsp3) is 0.389. The molecule has 0 bridgehead atoms. The zero-order valence-electron chi connectivity index (χ0n) is 15.0. The Kier molecular flexibility index (Phi) is 4.74. The van der Waals surface area contributed by atoms with Crippen LogP contribution in [0.1, 0.15) is 35.2 Å². The van der Waals surface area contributed by atoms with E-state index >= 15 is 0 Å². The van der Waals surface area contributed by atoms with Gasteiger partial charge in [-0.2, -0.15) is 5.10 Å². The van der Waals surface area contributed by atoms with Crippen LogP contribution in [0, 0.1) is 6.92 Å². The number of rotatable bonds is 6. The van der Waals surface area contributed by atoms with Gasteiger partial charge < -0.3 is 14.2 Å². The summed E-state index contributed by atoms with van der Waals surface area (Å²) in [6.07, 6.45) is 2.44. The van der Waals surface area contributed by atoms with Crippen LogP contribution in [-0.4, -0.2) is 44.7 Å². The fourth-order valence-electron chi connectivity index (χ4n) is 3.16. The van der Waals surface area contributed by atoms with E-state index in [2.05, 4.69) is 26.7 Å². The van der Waals surface area contributed by atoms with Gasteiger partial charge in [-0.05, 0) is 31.5 Å². The molecule has 1 amide bonds. The molecule has 2 heterocycles. The molecule has 2 aromatic heterocycles. The summed E-state index contributed by atoms with van der Waals surface area (Å²) in [6.45, 7) is 5.38. The first-order valence-corrected chi connectivity index (χ1v) is 8.33. The van der Waals surface area contributed by atoms with Crippen LogP contribution < -0.4 is 4.74 Å². The number of aromatic nitrogens is 4. The molecule has 1 N–H and O–H groups in total. The minimum atomic E-state index is -0.0398. The Morgan fingerprint density at radius 1 is 1.40 bits per heavy atom. The number of amides is 1. The molecular weight excluding hydrogens is 318 g/mol. The molecule has 7 nitrogen and oxygen atoms in total. The lowest BCUT2D eigenvalue weighted by Gasteiger charge is -2.16. The monoisotopic (exact) mass is 341 g/mol. The average Bonchev–Trinajstić information content (AvgIpc) is 3.21. The minimum Gasteiger partial charge on any atom is -0.497 e. The second-order valence-electron chi connectivity index (χ2n) is 6.09. The van der Waals surface area contributed by atoms with Crippen LogP contribution in [0.2, 0.25) is 0 Å². The molecule has 3 aromatic rings. The maximum Gasteiger partial charge on any atom is 0.256 e. The number of hydrogen-bond acceptors (Lipinski definition) is 4. The van der Waals surface area contributed by atoms with Crippen LogP contribution >= 0.6 is 0 Å². The van der Waals surface area contributed by atoms with Crippen molar-refractivity contribution in [3.05, 3.63) is 41.6 Å². The van der Waals surface area contributed by atoms with Gasteiger partial charge in [-0.3, -0.25) is 9.89 Å². The molecule has 0 saturated carbocycles. The molecular formula is C18H23N5O2. The Hall–Kier alpha value is -2.83. The van der Waals surface area contributed by atoms with Gasteiger partial charge in [0.1, 0.15) is 17.9 Å². The number of nitrogens with zero attached hydrogens (tertiary/aromatic N) is 4. The molecule has 0 fully saturated rings. The number of ether oxygens (including phenoxy) is 1. The van der Waals surface area contributed by atoms with Gasteiger partial charge in [0.15, 0.2) is 0 Å². The summed E-state index contributed by atoms with van der Waals surface area (Å²) in [5.41, 5.74) is 2.74. The topological polar surface area (TPSA) is 76.0 Å². The van der Waals surface area contributed by atoms with Crippen LogP contribution in [-0.2, 0) is 13.1 Å². The zero-order chi connectivity index (χ0) is 18.0. The van der Waals surface area contributed by atoms with Crippen molar-refractivity contribution in [3.8, 4) is 5.75 Å². The lowest BCUT2D eigenvalue weighted by molar-refractivity contribution is 0.0782. The Bertz CT molecular complexity index is 883. The van der Waals surface area contributed by atoms with Crippen molar-refractivity contribution in [1.82, 2.24) is 24.6 Å². The third-order valence-electron chi connectivity index (χ3n) is 4.39. The molecule has 0 spiro atoms. The van der Waals surface area contributed by atoms with E-state index in [1.165, 1.54) is 6.33 Å². The van der Waals surface area contributed by atoms with Gasteiger partial charge in [-0.1, -0.05) is 6.92 Å². The fourth-order valence-corrected chi connectivity index (χ4v) is 3.16. The van der Waals surface area contributed by atoms with Crippen molar-refractivity contribution in [1.29, 1.82) is 0 Å². The molecule has 0 aliphatic rings. The molecule has 1 aromatic carbocycles. The van der Waals surface area contributed by atoms with Gasteiger partial charge in [0, 0.05) is 30.2 Å². The van der Waals surface area contributed by atoms with Gasteiger partial charge >= 0.3 is 0 Å². The number of carbonyl (C=O) groups is 1. The Balaban J connectivity index is 2.06. The molecule has 0 atom stereocenters. The van der Waals surface area contributed by atoms with E-state index in [1.807, 2.05) is 25.1 Å². The summed E-state index contributed by atoms with van der Waals surface area (Å²) in [5, 5.41) is 7.54. The van der Waals surface area contributed by atoms with E-state index < -0.39 is 0 Å². The van der Waals surface area contributed by atoms with Crippen LogP contribution in [0.25, 0.3) is 10.9 Å². The van der Waals surface area contributed by atoms with Crippen LogP contribution in [0.15, 0.2) is 24.5 Å². The summed E-state index contributed by atoms with van der Waals surface area (Å²) < 4.78 is 7.55. The average molecular weight is 341 g/mol. The second-order valence-corrected chi connectivity index (χ2v) is 6.09. The molecule has 0 aliphatic heterocycles. The summed E-state index contributed by atoms with van der Waals surface area (Å²) in [4.78, 5) is 18.9. The lowest BCUT2D eigenvalue weighted by Crippen LogP contribution is -2.27. The lowest BCUT2D eigenvalue weighted by atomic mass is 10.1. The highest BCUT2D eigenvalue weighted by Gasteiger charge is 2.23. The number of nitrogens with one attached hydrogen (secondary N) is 1. The SMILES string of the molecule is CCCn1c(C)c(C(=O)N(C)Cc2ncn[nH]2)c2cc(OC)ccc21. The number of methoxy groups -OCH3 is 1. The predicted octanol–water partition coefficient (Wildman–Crippen LogP) is 2.76. The van der Waals surface area contributed by atoms with Crippen LogP contribution in [0.4, 0.5) is 0 Å². The third kappa shape index (κ3) is 3.09. The first-order valence-electron chi connectivity index (χ1n) is 8.33. The van der Waals surface area contributed by atoms with E-state index in [0.29, 0.717) is 17.9 Å². The number of H-pyrrole nitrogens is 1. The van der Waals surface area contributed by atoms with Crippen molar-refractivity contribution in [2.45, 2.75) is 33.4 Å². The highest BCUT2D eigenvalue weighted by Crippen LogP contribution is 2.30. The van der Waals surface area contributed by atoms with E-state index in [4.69, 9.17) is 4.74 Å². The van der Waals surface area contributed by atoms with Crippen molar-refractivity contribution >= 4 is 16.8 Å². The molecule has 3 rings (SSSR count). The highest BCUT2D eigenvalue weighted by molar-refractivity contribution is 6.08.